The second-order valence-corrected chi connectivity index (χ2v) is 21.4. The van der Waals surface area contributed by atoms with Crippen molar-refractivity contribution in [2.24, 2.45) is 0 Å². The molecule has 0 radical (unpaired) electrons. The summed E-state index contributed by atoms with van der Waals surface area (Å²) in [5.74, 6) is -4.39. The highest BCUT2D eigenvalue weighted by Gasteiger charge is 2.29. The standard InChI is InChI=1S/C48H24Br8N4O8/c49-29-31(51)39-26(18-3-11-22(12-4-18)46(63)64)41-33(53)35(55)43(59-41)28(20-7-15-24(16-8-20)48(67)68)44-36(56)34(54)42(60-44)27(19-5-13-23(14-6-19)47(65)66)40-32(52)30(50)38(58-40)25(37(29)57-39)17-1-9-21(10-2-17)45(61)62/h1-16,57-60H,(H,61,62)(H,63,64)(H,65,66)(H,67,68). The van der Waals surface area contributed by atoms with Gasteiger partial charge >= 0.3 is 23.9 Å². The molecule has 8 bridgehead atoms. The van der Waals surface area contributed by atoms with Gasteiger partial charge in [0.15, 0.2) is 0 Å². The van der Waals surface area contributed by atoms with Crippen LogP contribution in [0, 0.1) is 0 Å². The molecule has 4 aromatic heterocycles. The lowest BCUT2D eigenvalue weighted by atomic mass is 10.0. The highest BCUT2D eigenvalue weighted by atomic mass is 79.9. The molecule has 340 valence electrons. The van der Waals surface area contributed by atoms with Crippen molar-refractivity contribution in [3.05, 3.63) is 222 Å². The Labute approximate surface area is 450 Å². The van der Waals surface area contributed by atoms with Gasteiger partial charge in [-0.25, -0.2) is 19.2 Å². The molecule has 8 N–H and O–H groups in total. The van der Waals surface area contributed by atoms with Crippen LogP contribution in [0.3, 0.4) is 0 Å². The van der Waals surface area contributed by atoms with Gasteiger partial charge in [-0.2, -0.15) is 0 Å². The summed E-state index contributed by atoms with van der Waals surface area (Å²) in [5.41, 5.74) is 7.33. The van der Waals surface area contributed by atoms with Crippen LogP contribution in [0.5, 0.6) is 0 Å². The van der Waals surface area contributed by atoms with Gasteiger partial charge in [-0.1, -0.05) is 48.5 Å². The van der Waals surface area contributed by atoms with Gasteiger partial charge in [-0.15, -0.1) is 0 Å². The number of hydrogen-bond acceptors (Lipinski definition) is 4. The van der Waals surface area contributed by atoms with Crippen LogP contribution in [0.1, 0.15) is 86.5 Å². The van der Waals surface area contributed by atoms with Crippen LogP contribution in [0.4, 0.5) is 0 Å². The highest BCUT2D eigenvalue weighted by Crippen LogP contribution is 2.43. The van der Waals surface area contributed by atoms with E-state index in [0.29, 0.717) is 125 Å². The number of carbonyl (C=O) groups is 4. The van der Waals surface area contributed by atoms with E-state index >= 15 is 0 Å². The molecule has 8 aromatic rings. The SMILES string of the molecule is O=C(O)c1ccc(C2=c3[nH]c(c(Br)c3Br)=C(c3ccc(C(=O)O)cc3)c3[nH]c(c(Br)c3Br)C(c3ccc(C(=O)O)cc3)=c3[nH]c(c(Br)c3Br)=C(c3ccc(C(=O)O)cc3)c3[nH]c2c(Br)c3Br)cc1. The molecule has 1 aliphatic rings. The average molecular weight is 1420 g/mol. The summed E-state index contributed by atoms with van der Waals surface area (Å²) in [6.45, 7) is 0. The molecule has 4 aromatic carbocycles. The maximum absolute atomic E-state index is 12.1. The van der Waals surface area contributed by atoms with Gasteiger partial charge < -0.3 is 40.4 Å². The van der Waals surface area contributed by atoms with E-state index in [1.807, 2.05) is 0 Å². The van der Waals surface area contributed by atoms with Gasteiger partial charge in [0.05, 0.1) is 102 Å². The van der Waals surface area contributed by atoms with Crippen LogP contribution in [0.25, 0.3) is 22.3 Å². The Morgan fingerprint density at radius 1 is 0.279 bits per heavy atom. The highest BCUT2D eigenvalue weighted by molar-refractivity contribution is 9.14. The molecular weight excluding hydrogens is 1400 g/mol. The van der Waals surface area contributed by atoms with E-state index in [9.17, 15) is 39.6 Å². The van der Waals surface area contributed by atoms with Gasteiger partial charge in [-0.3, -0.25) is 0 Å². The third-order valence-corrected chi connectivity index (χ3v) is 19.7. The van der Waals surface area contributed by atoms with Crippen molar-refractivity contribution in [2.45, 2.75) is 0 Å². The molecule has 68 heavy (non-hydrogen) atoms. The van der Waals surface area contributed by atoms with Crippen LogP contribution in [0.15, 0.2) is 133 Å². The third-order valence-electron chi connectivity index (χ3n) is 11.2. The second-order valence-electron chi connectivity index (χ2n) is 15.0. The lowest BCUT2D eigenvalue weighted by molar-refractivity contribution is 0.0686. The van der Waals surface area contributed by atoms with Crippen molar-refractivity contribution in [1.82, 2.24) is 19.9 Å². The quantitative estimate of drug-likeness (QED) is 0.0731. The van der Waals surface area contributed by atoms with Crippen molar-refractivity contribution in [2.75, 3.05) is 0 Å². The third kappa shape index (κ3) is 8.33. The zero-order valence-electron chi connectivity index (χ0n) is 33.7. The minimum Gasteiger partial charge on any atom is -0.478 e. The topological polar surface area (TPSA) is 212 Å². The molecule has 5 heterocycles. The Hall–Kier alpha value is -4.80. The number of fused-ring (bicyclic) bond motifs is 8. The lowest BCUT2D eigenvalue weighted by Gasteiger charge is -2.11. The number of benzene rings is 4. The molecular formula is C48H24Br8N4O8. The van der Waals surface area contributed by atoms with Crippen LogP contribution < -0.4 is 21.4 Å². The summed E-state index contributed by atoms with van der Waals surface area (Å²) >= 11 is 31.2. The van der Waals surface area contributed by atoms with E-state index in [4.69, 9.17) is 0 Å². The number of carboxylic acid groups (broad SMARTS) is 4. The van der Waals surface area contributed by atoms with Gasteiger partial charge in [-0.05, 0) is 198 Å². The zero-order chi connectivity index (χ0) is 48.6. The van der Waals surface area contributed by atoms with E-state index in [1.165, 1.54) is 48.5 Å². The number of halogens is 8. The Morgan fingerprint density at radius 3 is 0.618 bits per heavy atom. The first-order chi connectivity index (χ1) is 32.4. The largest absolute Gasteiger partial charge is 0.478 e. The van der Waals surface area contributed by atoms with Crippen molar-refractivity contribution in [1.29, 1.82) is 0 Å². The molecule has 12 nitrogen and oxygen atoms in total. The average Bonchev–Trinajstić information content (AvgIpc) is 3.98. The molecule has 0 saturated heterocycles. The minimum atomic E-state index is -1.10. The first-order valence-corrected chi connectivity index (χ1v) is 25.9. The summed E-state index contributed by atoms with van der Waals surface area (Å²) in [6.07, 6.45) is 0. The van der Waals surface area contributed by atoms with Crippen molar-refractivity contribution < 1.29 is 39.6 Å². The first-order valence-electron chi connectivity index (χ1n) is 19.5. The molecule has 0 fully saturated rings. The number of aromatic nitrogens is 4. The maximum atomic E-state index is 12.1. The van der Waals surface area contributed by atoms with Crippen molar-refractivity contribution in [3.8, 4) is 0 Å². The molecule has 0 aliphatic carbocycles. The lowest BCUT2D eigenvalue weighted by Crippen LogP contribution is -2.20. The molecule has 0 unspecified atom stereocenters. The Morgan fingerprint density at radius 2 is 0.456 bits per heavy atom. The zero-order valence-corrected chi connectivity index (χ0v) is 46.4. The van der Waals surface area contributed by atoms with E-state index in [0.717, 1.165) is 0 Å². The van der Waals surface area contributed by atoms with Crippen molar-refractivity contribution >= 4 is 174 Å². The fraction of sp³-hybridized carbons (Fsp3) is 0. The molecule has 1 aliphatic heterocycles. The van der Waals surface area contributed by atoms with Gasteiger partial charge in [0.25, 0.3) is 0 Å². The van der Waals surface area contributed by atoms with Crippen LogP contribution >= 0.6 is 127 Å². The summed E-state index contributed by atoms with van der Waals surface area (Å²) in [4.78, 5) is 63.1. The predicted molar refractivity (Wildman–Crippen MR) is 283 cm³/mol. The molecule has 0 spiro atoms. The minimum absolute atomic E-state index is 0.0770. The molecule has 0 saturated carbocycles. The second kappa shape index (κ2) is 18.8. The first kappa shape index (κ1) is 48.2. The maximum Gasteiger partial charge on any atom is 0.335 e. The van der Waals surface area contributed by atoms with Gasteiger partial charge in [0.1, 0.15) is 0 Å². The fourth-order valence-electron chi connectivity index (χ4n) is 7.97. The van der Waals surface area contributed by atoms with E-state index in [2.05, 4.69) is 147 Å². The normalized spacial score (nSPS) is 12.5. The fourth-order valence-corrected chi connectivity index (χ4v) is 11.9. The van der Waals surface area contributed by atoms with E-state index in [1.54, 1.807) is 48.5 Å². The van der Waals surface area contributed by atoms with E-state index in [-0.39, 0.29) is 22.3 Å². The van der Waals surface area contributed by atoms with Crippen LogP contribution in [0.2, 0.25) is 0 Å². The monoisotopic (exact) mass is 1420 g/mol. The van der Waals surface area contributed by atoms with Gasteiger partial charge in [0.2, 0.25) is 0 Å². The number of H-pyrrole nitrogens is 4. The Balaban J connectivity index is 1.55. The Bertz CT molecular complexity index is 3270. The number of rotatable bonds is 8. The number of nitrogens with one attached hydrogen (secondary N) is 4. The molecule has 0 atom stereocenters. The number of carboxylic acids is 4. The van der Waals surface area contributed by atoms with Crippen LogP contribution in [-0.4, -0.2) is 64.2 Å². The summed E-state index contributed by atoms with van der Waals surface area (Å²) < 4.78 is 4.63. The summed E-state index contributed by atoms with van der Waals surface area (Å²) in [5, 5.41) is 41.8. The van der Waals surface area contributed by atoms with Crippen molar-refractivity contribution in [3.63, 3.8) is 0 Å². The summed E-state index contributed by atoms with van der Waals surface area (Å²) in [6, 6.07) is 25.8. The Kier molecular flexibility index (Phi) is 13.4. The molecule has 0 amide bonds. The number of aromatic amines is 4. The molecule has 9 rings (SSSR count). The number of hydrogen-bond donors (Lipinski definition) is 8. The smallest absolute Gasteiger partial charge is 0.335 e. The number of aromatic carboxylic acids is 4. The van der Waals surface area contributed by atoms with Crippen LogP contribution in [-0.2, 0) is 0 Å². The molecule has 20 heteroatoms. The predicted octanol–water partition coefficient (Wildman–Crippen LogP) is 11.2. The summed E-state index contributed by atoms with van der Waals surface area (Å²) in [7, 11) is 0. The van der Waals surface area contributed by atoms with Gasteiger partial charge in [0, 0.05) is 22.3 Å². The van der Waals surface area contributed by atoms with E-state index < -0.39 is 23.9 Å².